The zero-order valence-corrected chi connectivity index (χ0v) is 19.8. The first-order valence-electron chi connectivity index (χ1n) is 13.6. The number of carbonyl (C=O) groups is 1. The van der Waals surface area contributed by atoms with Crippen molar-refractivity contribution in [2.24, 2.45) is 17.8 Å². The van der Waals surface area contributed by atoms with E-state index >= 15 is 0 Å². The predicted octanol–water partition coefficient (Wildman–Crippen LogP) is 9.09. The Kier molecular flexibility index (Phi) is 14.3. The van der Waals surface area contributed by atoms with Crippen molar-refractivity contribution < 1.29 is 9.90 Å². The molecule has 0 spiro atoms. The summed E-state index contributed by atoms with van der Waals surface area (Å²) < 4.78 is 0. The monoisotopic (exact) mass is 418 g/mol. The van der Waals surface area contributed by atoms with Gasteiger partial charge < -0.3 is 5.11 Å². The van der Waals surface area contributed by atoms with Gasteiger partial charge in [0.15, 0.2) is 0 Å². The maximum atomic E-state index is 10.4. The molecular weight excluding hydrogens is 368 g/mol. The summed E-state index contributed by atoms with van der Waals surface area (Å²) in [5, 5.41) is 8.60. The van der Waals surface area contributed by atoms with Gasteiger partial charge in [0.25, 0.3) is 0 Å². The molecule has 2 aliphatic rings. The Morgan fingerprint density at radius 1 is 0.667 bits per heavy atom. The summed E-state index contributed by atoms with van der Waals surface area (Å²) in [6.07, 6.45) is 34.0. The van der Waals surface area contributed by atoms with Gasteiger partial charge in [-0.1, -0.05) is 108 Å². The number of hydrogen-bond acceptors (Lipinski definition) is 1. The van der Waals surface area contributed by atoms with Crippen LogP contribution in [0.25, 0.3) is 0 Å². The minimum atomic E-state index is -0.658. The van der Waals surface area contributed by atoms with Crippen molar-refractivity contribution >= 4 is 5.97 Å². The van der Waals surface area contributed by atoms with Gasteiger partial charge in [-0.3, -0.25) is 4.79 Å². The molecule has 0 amide bonds. The summed E-state index contributed by atoms with van der Waals surface area (Å²) in [6.45, 7) is 0. The number of unbranched alkanes of at least 4 members (excludes halogenated alkanes) is 11. The minimum absolute atomic E-state index is 0.335. The Bertz CT molecular complexity index is 454. The third kappa shape index (κ3) is 11.6. The fraction of sp³-hybridized carbons (Fsp3) is 0.893. The molecule has 0 bridgehead atoms. The van der Waals surface area contributed by atoms with Crippen molar-refractivity contribution in [3.63, 3.8) is 0 Å². The lowest BCUT2D eigenvalue weighted by Gasteiger charge is -2.41. The molecule has 0 heterocycles. The highest BCUT2D eigenvalue weighted by Gasteiger charge is 2.34. The SMILES string of the molecule is O=C(O)CCCCCCC/C=C\CCCCCCCCC1CCCC2CCCCC12. The van der Waals surface area contributed by atoms with E-state index in [1.807, 2.05) is 0 Å². The lowest BCUT2D eigenvalue weighted by molar-refractivity contribution is -0.137. The topological polar surface area (TPSA) is 37.3 Å². The minimum Gasteiger partial charge on any atom is -0.481 e. The maximum absolute atomic E-state index is 10.4. The molecule has 3 unspecified atom stereocenters. The Morgan fingerprint density at radius 2 is 1.23 bits per heavy atom. The van der Waals surface area contributed by atoms with Crippen LogP contribution in [0.1, 0.15) is 141 Å². The van der Waals surface area contributed by atoms with Crippen LogP contribution in [0.4, 0.5) is 0 Å². The Hall–Kier alpha value is -0.790. The molecule has 0 aromatic carbocycles. The van der Waals surface area contributed by atoms with E-state index < -0.39 is 5.97 Å². The number of rotatable bonds is 17. The predicted molar refractivity (Wildman–Crippen MR) is 129 cm³/mol. The highest BCUT2D eigenvalue weighted by Crippen LogP contribution is 2.45. The van der Waals surface area contributed by atoms with Crippen molar-refractivity contribution in [3.8, 4) is 0 Å². The van der Waals surface area contributed by atoms with Crippen molar-refractivity contribution in [2.45, 2.75) is 141 Å². The molecule has 30 heavy (non-hydrogen) atoms. The van der Waals surface area contributed by atoms with E-state index in [-0.39, 0.29) is 0 Å². The molecule has 174 valence electrons. The number of aliphatic carboxylic acids is 1. The zero-order valence-electron chi connectivity index (χ0n) is 19.8. The van der Waals surface area contributed by atoms with Crippen molar-refractivity contribution in [3.05, 3.63) is 12.2 Å². The van der Waals surface area contributed by atoms with E-state index in [4.69, 9.17) is 5.11 Å². The number of allylic oxidation sites excluding steroid dienone is 2. The molecule has 0 aromatic heterocycles. The second-order valence-electron chi connectivity index (χ2n) is 10.3. The molecule has 1 N–H and O–H groups in total. The molecule has 2 fully saturated rings. The van der Waals surface area contributed by atoms with Crippen LogP contribution < -0.4 is 0 Å². The van der Waals surface area contributed by atoms with E-state index in [2.05, 4.69) is 12.2 Å². The normalized spacial score (nSPS) is 24.2. The molecule has 2 heteroatoms. The average Bonchev–Trinajstić information content (AvgIpc) is 2.75. The van der Waals surface area contributed by atoms with E-state index in [9.17, 15) is 4.79 Å². The molecule has 2 saturated carbocycles. The van der Waals surface area contributed by atoms with Gasteiger partial charge >= 0.3 is 5.97 Å². The highest BCUT2D eigenvalue weighted by atomic mass is 16.4. The molecule has 2 rings (SSSR count). The van der Waals surface area contributed by atoms with Crippen LogP contribution in [0.5, 0.6) is 0 Å². The van der Waals surface area contributed by atoms with Gasteiger partial charge in [-0.05, 0) is 56.3 Å². The maximum Gasteiger partial charge on any atom is 0.303 e. The number of carboxylic acid groups (broad SMARTS) is 1. The summed E-state index contributed by atoms with van der Waals surface area (Å²) in [5.74, 6) is 2.64. The lowest BCUT2D eigenvalue weighted by atomic mass is 9.64. The lowest BCUT2D eigenvalue weighted by Crippen LogP contribution is -2.30. The van der Waals surface area contributed by atoms with Gasteiger partial charge in [-0.25, -0.2) is 0 Å². The molecule has 0 radical (unpaired) electrons. The summed E-state index contributed by atoms with van der Waals surface area (Å²) in [7, 11) is 0. The molecule has 3 atom stereocenters. The third-order valence-corrected chi connectivity index (χ3v) is 7.85. The number of fused-ring (bicyclic) bond motifs is 1. The largest absolute Gasteiger partial charge is 0.481 e. The number of carboxylic acids is 1. The van der Waals surface area contributed by atoms with Crippen LogP contribution in [0.3, 0.4) is 0 Å². The smallest absolute Gasteiger partial charge is 0.303 e. The second-order valence-corrected chi connectivity index (χ2v) is 10.3. The van der Waals surface area contributed by atoms with Crippen molar-refractivity contribution in [1.82, 2.24) is 0 Å². The molecule has 0 saturated heterocycles. The zero-order chi connectivity index (χ0) is 21.3. The highest BCUT2D eigenvalue weighted by molar-refractivity contribution is 5.66. The first-order valence-corrected chi connectivity index (χ1v) is 13.6. The first-order chi connectivity index (χ1) is 14.8. The van der Waals surface area contributed by atoms with Gasteiger partial charge in [-0.15, -0.1) is 0 Å². The van der Waals surface area contributed by atoms with Crippen molar-refractivity contribution in [1.29, 1.82) is 0 Å². The standard InChI is InChI=1S/C28H50O2/c29-28(30)24-15-13-11-9-7-5-3-1-2-4-6-8-10-12-14-19-25-21-18-22-26-20-16-17-23-27(25)26/h1,3,25-27H,2,4-24H2,(H,29,30)/b3-1-. The van der Waals surface area contributed by atoms with E-state index in [1.54, 1.807) is 19.3 Å². The van der Waals surface area contributed by atoms with Crippen LogP contribution in [0.2, 0.25) is 0 Å². The van der Waals surface area contributed by atoms with Gasteiger partial charge in [0.1, 0.15) is 0 Å². The van der Waals surface area contributed by atoms with Gasteiger partial charge in [0.05, 0.1) is 0 Å². The Labute approximate surface area is 187 Å². The van der Waals surface area contributed by atoms with E-state index in [0.717, 1.165) is 30.6 Å². The fourth-order valence-electron chi connectivity index (χ4n) is 6.11. The van der Waals surface area contributed by atoms with Crippen LogP contribution >= 0.6 is 0 Å². The molecule has 0 aromatic rings. The summed E-state index contributed by atoms with van der Waals surface area (Å²) >= 11 is 0. The summed E-state index contributed by atoms with van der Waals surface area (Å²) in [4.78, 5) is 10.4. The number of hydrogen-bond donors (Lipinski definition) is 1. The first kappa shape index (κ1) is 25.5. The van der Waals surface area contributed by atoms with E-state index in [1.165, 1.54) is 103 Å². The molecule has 0 aliphatic heterocycles. The van der Waals surface area contributed by atoms with Gasteiger partial charge in [-0.2, -0.15) is 0 Å². The van der Waals surface area contributed by atoms with Gasteiger partial charge in [0.2, 0.25) is 0 Å². The molecule has 2 aliphatic carbocycles. The van der Waals surface area contributed by atoms with Crippen molar-refractivity contribution in [2.75, 3.05) is 0 Å². The summed E-state index contributed by atoms with van der Waals surface area (Å²) in [5.41, 5.74) is 0. The Morgan fingerprint density at radius 3 is 1.93 bits per heavy atom. The molecular formula is C28H50O2. The third-order valence-electron chi connectivity index (χ3n) is 7.85. The van der Waals surface area contributed by atoms with E-state index in [0.29, 0.717) is 6.42 Å². The van der Waals surface area contributed by atoms with Crippen LogP contribution in [-0.4, -0.2) is 11.1 Å². The second kappa shape index (κ2) is 16.8. The van der Waals surface area contributed by atoms with Crippen LogP contribution in [0.15, 0.2) is 12.2 Å². The van der Waals surface area contributed by atoms with Gasteiger partial charge in [0, 0.05) is 6.42 Å². The van der Waals surface area contributed by atoms with Crippen LogP contribution in [0, 0.1) is 17.8 Å². The average molecular weight is 419 g/mol. The molecule has 2 nitrogen and oxygen atoms in total. The quantitative estimate of drug-likeness (QED) is 0.189. The summed E-state index contributed by atoms with van der Waals surface area (Å²) in [6, 6.07) is 0. The Balaban J connectivity index is 1.32. The fourth-order valence-corrected chi connectivity index (χ4v) is 6.11. The van der Waals surface area contributed by atoms with Crippen LogP contribution in [-0.2, 0) is 4.79 Å².